The first-order chi connectivity index (χ1) is 14.8. The monoisotopic (exact) mass is 415 g/mol. The van der Waals surface area contributed by atoms with Gasteiger partial charge in [0.2, 0.25) is 0 Å². The van der Waals surface area contributed by atoms with Gasteiger partial charge in [-0.1, -0.05) is 81.4 Å². The molecular weight excluding hydrogens is 377 g/mol. The van der Waals surface area contributed by atoms with E-state index < -0.39 is 5.97 Å². The summed E-state index contributed by atoms with van der Waals surface area (Å²) in [6.07, 6.45) is 21.5. The van der Waals surface area contributed by atoms with E-state index in [1.807, 2.05) is 0 Å². The van der Waals surface area contributed by atoms with Crippen molar-refractivity contribution in [3.05, 3.63) is 54.2 Å². The van der Waals surface area contributed by atoms with Crippen LogP contribution in [-0.2, 0) is 11.2 Å². The van der Waals surface area contributed by atoms with Gasteiger partial charge in [0, 0.05) is 17.0 Å². The number of fused-ring (bicyclic) bond motifs is 1. The average molecular weight is 416 g/mol. The zero-order valence-corrected chi connectivity index (χ0v) is 19.5. The summed E-state index contributed by atoms with van der Waals surface area (Å²) in [7, 11) is 0. The minimum atomic E-state index is -0.920. The van der Waals surface area contributed by atoms with Crippen LogP contribution in [0.3, 0.4) is 0 Å². The summed E-state index contributed by atoms with van der Waals surface area (Å²) in [6.45, 7) is 0. The Morgan fingerprint density at radius 1 is 0.742 bits per heavy atom. The number of hydrogen-bond acceptors (Lipinski definition) is 3. The van der Waals surface area contributed by atoms with Gasteiger partial charge >= 0.3 is 18.9 Å². The SMILES string of the molecule is O=C([O-])CCCCCCC/C=C\CCCCCCCCc1ccc2ccccc2n1.[Li+]. The van der Waals surface area contributed by atoms with Gasteiger partial charge in [0.15, 0.2) is 0 Å². The van der Waals surface area contributed by atoms with Gasteiger partial charge in [0.25, 0.3) is 0 Å². The molecule has 3 nitrogen and oxygen atoms in total. The Kier molecular flexibility index (Phi) is 16.0. The number of rotatable bonds is 17. The second kappa shape index (κ2) is 18.1. The summed E-state index contributed by atoms with van der Waals surface area (Å²) in [5, 5.41) is 11.5. The van der Waals surface area contributed by atoms with Crippen LogP contribution < -0.4 is 24.0 Å². The number of aliphatic carboxylic acids is 1. The number of carbonyl (C=O) groups excluding carboxylic acids is 1. The largest absolute Gasteiger partial charge is 1.00 e. The van der Waals surface area contributed by atoms with Crippen molar-refractivity contribution in [2.75, 3.05) is 0 Å². The number of unbranched alkanes of at least 4 members (excludes halogenated alkanes) is 11. The molecule has 31 heavy (non-hydrogen) atoms. The molecule has 0 spiro atoms. The van der Waals surface area contributed by atoms with Crippen LogP contribution in [-0.4, -0.2) is 11.0 Å². The number of aryl methyl sites for hydroxylation is 1. The third kappa shape index (κ3) is 13.5. The Balaban J connectivity index is 0.00000480. The zero-order chi connectivity index (χ0) is 21.3. The summed E-state index contributed by atoms with van der Waals surface area (Å²) >= 11 is 0. The number of allylic oxidation sites excluding steroid dienone is 2. The van der Waals surface area contributed by atoms with Crippen molar-refractivity contribution >= 4 is 16.9 Å². The fourth-order valence-corrected chi connectivity index (χ4v) is 3.82. The molecule has 0 amide bonds. The van der Waals surface area contributed by atoms with Crippen LogP contribution in [0.4, 0.5) is 0 Å². The fraction of sp³-hybridized carbons (Fsp3) is 0.556. The van der Waals surface area contributed by atoms with Crippen molar-refractivity contribution in [1.82, 2.24) is 4.98 Å². The quantitative estimate of drug-likeness (QED) is 0.226. The van der Waals surface area contributed by atoms with Crippen LogP contribution in [0.1, 0.15) is 95.6 Å². The number of carboxylic acid groups (broad SMARTS) is 1. The van der Waals surface area contributed by atoms with Gasteiger partial charge in [-0.05, 0) is 63.5 Å². The molecule has 0 atom stereocenters. The molecule has 1 aromatic carbocycles. The molecule has 1 aromatic heterocycles. The van der Waals surface area contributed by atoms with E-state index in [1.165, 1.54) is 68.9 Å². The number of hydrogen-bond donors (Lipinski definition) is 0. The van der Waals surface area contributed by atoms with Crippen LogP contribution in [0.25, 0.3) is 10.9 Å². The molecule has 0 radical (unpaired) electrons. The standard InChI is InChI=1S/C27H39NO2.Li/c29-27(30)21-15-13-11-9-7-5-3-1-2-4-6-8-10-12-14-19-25-23-22-24-18-16-17-20-26(24)28-25;/h1,3,16-18,20,22-23H,2,4-15,19,21H2,(H,29,30);/q;+1/p-1/b3-1-;. The maximum atomic E-state index is 10.3. The van der Waals surface area contributed by atoms with E-state index in [9.17, 15) is 9.90 Å². The number of aromatic nitrogens is 1. The Morgan fingerprint density at radius 2 is 1.32 bits per heavy atom. The smallest absolute Gasteiger partial charge is 0.550 e. The van der Waals surface area contributed by atoms with Crippen LogP contribution in [0.2, 0.25) is 0 Å². The molecule has 0 aliphatic carbocycles. The first-order valence-corrected chi connectivity index (χ1v) is 12.0. The first-order valence-electron chi connectivity index (χ1n) is 12.0. The maximum absolute atomic E-state index is 10.3. The Morgan fingerprint density at radius 3 is 2.00 bits per heavy atom. The van der Waals surface area contributed by atoms with Gasteiger partial charge in [-0.3, -0.25) is 4.98 Å². The fourth-order valence-electron chi connectivity index (χ4n) is 3.82. The first kappa shape index (κ1) is 27.5. The molecular formula is C27H38LiNO2. The Bertz CT molecular complexity index is 760. The number of benzene rings is 1. The van der Waals surface area contributed by atoms with Crippen molar-refractivity contribution in [3.8, 4) is 0 Å². The normalized spacial score (nSPS) is 11.1. The summed E-state index contributed by atoms with van der Waals surface area (Å²) in [4.78, 5) is 15.1. The van der Waals surface area contributed by atoms with E-state index in [4.69, 9.17) is 4.98 Å². The minimum absolute atomic E-state index is 0. The molecule has 0 fully saturated rings. The second-order valence-electron chi connectivity index (χ2n) is 8.31. The predicted molar refractivity (Wildman–Crippen MR) is 124 cm³/mol. The van der Waals surface area contributed by atoms with Gasteiger partial charge in [-0.2, -0.15) is 0 Å². The third-order valence-electron chi connectivity index (χ3n) is 5.63. The summed E-state index contributed by atoms with van der Waals surface area (Å²) < 4.78 is 0. The van der Waals surface area contributed by atoms with E-state index in [-0.39, 0.29) is 25.3 Å². The number of para-hydroxylation sites is 1. The molecule has 0 aliphatic rings. The van der Waals surface area contributed by atoms with Crippen LogP contribution in [0.15, 0.2) is 48.6 Å². The average Bonchev–Trinajstić information content (AvgIpc) is 2.75. The van der Waals surface area contributed by atoms with E-state index in [1.54, 1.807) is 0 Å². The molecule has 0 saturated heterocycles. The number of pyridine rings is 1. The molecule has 164 valence electrons. The van der Waals surface area contributed by atoms with E-state index in [2.05, 4.69) is 48.6 Å². The van der Waals surface area contributed by atoms with E-state index >= 15 is 0 Å². The van der Waals surface area contributed by atoms with Gasteiger partial charge in [-0.15, -0.1) is 0 Å². The van der Waals surface area contributed by atoms with Gasteiger partial charge in [-0.25, -0.2) is 0 Å². The molecule has 1 heterocycles. The molecule has 0 unspecified atom stereocenters. The number of carbonyl (C=O) groups is 1. The van der Waals surface area contributed by atoms with Gasteiger partial charge in [0.1, 0.15) is 0 Å². The van der Waals surface area contributed by atoms with E-state index in [0.717, 1.165) is 37.6 Å². The predicted octanol–water partition coefficient (Wildman–Crippen LogP) is 3.55. The molecule has 2 rings (SSSR count). The van der Waals surface area contributed by atoms with E-state index in [0.29, 0.717) is 0 Å². The van der Waals surface area contributed by atoms with Crippen molar-refractivity contribution in [1.29, 1.82) is 0 Å². The molecule has 0 bridgehead atoms. The zero-order valence-electron chi connectivity index (χ0n) is 19.5. The molecule has 4 heteroatoms. The molecule has 0 aliphatic heterocycles. The summed E-state index contributed by atoms with van der Waals surface area (Å²) in [6, 6.07) is 12.7. The van der Waals surface area contributed by atoms with Crippen molar-refractivity contribution in [3.63, 3.8) is 0 Å². The second-order valence-corrected chi connectivity index (χ2v) is 8.31. The van der Waals surface area contributed by atoms with Crippen molar-refractivity contribution in [2.45, 2.75) is 96.3 Å². The van der Waals surface area contributed by atoms with Crippen molar-refractivity contribution < 1.29 is 28.8 Å². The van der Waals surface area contributed by atoms with Crippen molar-refractivity contribution in [2.24, 2.45) is 0 Å². The Labute approximate surface area is 200 Å². The number of nitrogens with zero attached hydrogens (tertiary/aromatic N) is 1. The summed E-state index contributed by atoms with van der Waals surface area (Å²) in [5.74, 6) is -0.920. The Hall–Kier alpha value is -1.56. The third-order valence-corrected chi connectivity index (χ3v) is 5.63. The summed E-state index contributed by atoms with van der Waals surface area (Å²) in [5.41, 5.74) is 2.33. The maximum Gasteiger partial charge on any atom is 1.00 e. The topological polar surface area (TPSA) is 53.0 Å². The van der Waals surface area contributed by atoms with Gasteiger partial charge in [0.05, 0.1) is 5.52 Å². The molecule has 0 N–H and O–H groups in total. The van der Waals surface area contributed by atoms with Crippen LogP contribution in [0, 0.1) is 0 Å². The number of carboxylic acids is 1. The van der Waals surface area contributed by atoms with Crippen LogP contribution in [0.5, 0.6) is 0 Å². The molecule has 0 saturated carbocycles. The minimum Gasteiger partial charge on any atom is -0.550 e. The van der Waals surface area contributed by atoms with Crippen LogP contribution >= 0.6 is 0 Å². The molecule has 2 aromatic rings. The van der Waals surface area contributed by atoms with Gasteiger partial charge < -0.3 is 9.90 Å².